The van der Waals surface area contributed by atoms with Crippen LogP contribution in [0.15, 0.2) is 59.7 Å². The van der Waals surface area contributed by atoms with Crippen molar-refractivity contribution in [2.45, 2.75) is 75.4 Å². The molecule has 4 aliphatic rings. The van der Waals surface area contributed by atoms with Gasteiger partial charge in [0.05, 0.1) is 0 Å². The van der Waals surface area contributed by atoms with E-state index in [1.165, 1.54) is 43.5 Å². The zero-order valence-corrected chi connectivity index (χ0v) is 31.3. The Balaban J connectivity index is 1.17. The number of benzene rings is 1. The van der Waals surface area contributed by atoms with Gasteiger partial charge in [-0.15, -0.1) is 45.3 Å². The maximum atomic E-state index is 9.29. The minimum Gasteiger partial charge on any atom is -0.482 e. The lowest BCUT2D eigenvalue weighted by Gasteiger charge is -2.44. The molecule has 52 heavy (non-hydrogen) atoms. The highest BCUT2D eigenvalue weighted by Crippen LogP contribution is 2.61. The fraction of sp³-hybridized carbons (Fsp3) is 0.286. The van der Waals surface area contributed by atoms with Gasteiger partial charge in [0.15, 0.2) is 0 Å². The molecule has 6 heterocycles. The number of ether oxygens (including phenoxy) is 2. The van der Waals surface area contributed by atoms with E-state index in [9.17, 15) is 21.0 Å². The Hall–Kier alpha value is -4.94. The molecule has 2 aliphatic heterocycles. The molecular weight excluding hydrogens is 721 g/mol. The molecule has 2 aliphatic carbocycles. The van der Waals surface area contributed by atoms with E-state index < -0.39 is 0 Å². The van der Waals surface area contributed by atoms with Crippen LogP contribution in [0, 0.1) is 45.3 Å². The molecule has 0 saturated heterocycles. The van der Waals surface area contributed by atoms with Gasteiger partial charge in [0.25, 0.3) is 0 Å². The van der Waals surface area contributed by atoms with Crippen LogP contribution in [0.1, 0.15) is 85.1 Å². The molecule has 0 atom stereocenters. The second-order valence-corrected chi connectivity index (χ2v) is 18.2. The summed E-state index contributed by atoms with van der Waals surface area (Å²) in [5, 5.41) is 37.2. The monoisotopic (exact) mass is 750 g/mol. The molecule has 9 rings (SSSR count). The fourth-order valence-electron chi connectivity index (χ4n) is 8.29. The van der Waals surface area contributed by atoms with Crippen LogP contribution in [-0.4, -0.2) is 0 Å². The third-order valence-corrected chi connectivity index (χ3v) is 15.5. The minimum atomic E-state index is -0.380. The maximum absolute atomic E-state index is 9.29. The highest BCUT2D eigenvalue weighted by atomic mass is 32.1. The average Bonchev–Trinajstić information content (AvgIpc) is 4.00. The lowest BCUT2D eigenvalue weighted by Crippen LogP contribution is -2.38. The van der Waals surface area contributed by atoms with Crippen LogP contribution in [0.25, 0.3) is 52.5 Å². The summed E-state index contributed by atoms with van der Waals surface area (Å²) in [6, 6.07) is 25.2. The average molecular weight is 751 g/mol. The number of allylic oxidation sites excluding steroid dienone is 2. The predicted octanol–water partition coefficient (Wildman–Crippen LogP) is 12.6. The topological polar surface area (TPSA) is 114 Å². The number of nitrogens with zero attached hydrogens (tertiary/aromatic N) is 4. The molecule has 0 N–H and O–H groups in total. The molecule has 0 amide bonds. The number of hydrogen-bond acceptors (Lipinski definition) is 10. The first-order chi connectivity index (χ1) is 25.4. The van der Waals surface area contributed by atoms with E-state index in [0.29, 0.717) is 0 Å². The van der Waals surface area contributed by atoms with Crippen LogP contribution >= 0.6 is 45.3 Å². The van der Waals surface area contributed by atoms with Crippen molar-refractivity contribution in [2.24, 2.45) is 0 Å². The highest BCUT2D eigenvalue weighted by molar-refractivity contribution is 7.25. The number of hydrogen-bond donors (Lipinski definition) is 0. The number of rotatable bonds is 4. The summed E-state index contributed by atoms with van der Waals surface area (Å²) >= 11 is 6.80. The Bertz CT molecular complexity index is 2300. The van der Waals surface area contributed by atoms with E-state index in [2.05, 4.69) is 36.4 Å². The standard InChI is InChI=1S/C42H30N4O2S4/c43-21-25(22-44)15-27-7-9-35(49-27)37-19-31-39(51-37)29-18-34-30(17-33(29)47-41(31)11-3-1-4-12-41)40-32(42(48-34)13-5-2-6-14-42)20-38(52-40)36-10-8-28(50-36)16-26(23-45)24-46/h7-10,15-20H,1-6,11-14H2. The summed E-state index contributed by atoms with van der Waals surface area (Å²) in [5.41, 5.74) is 4.14. The Morgan fingerprint density at radius 2 is 0.923 bits per heavy atom. The fourth-order valence-corrected chi connectivity index (χ4v) is 12.9. The van der Waals surface area contributed by atoms with Gasteiger partial charge in [-0.2, -0.15) is 21.0 Å². The van der Waals surface area contributed by atoms with Crippen molar-refractivity contribution in [3.8, 4) is 76.2 Å². The van der Waals surface area contributed by atoms with Gasteiger partial charge >= 0.3 is 0 Å². The van der Waals surface area contributed by atoms with Crippen LogP contribution in [0.4, 0.5) is 0 Å². The zero-order valence-electron chi connectivity index (χ0n) is 28.1. The van der Waals surface area contributed by atoms with Gasteiger partial charge in [0.1, 0.15) is 58.1 Å². The van der Waals surface area contributed by atoms with Crippen molar-refractivity contribution >= 4 is 57.5 Å². The van der Waals surface area contributed by atoms with Gasteiger partial charge in [-0.3, -0.25) is 0 Å². The van der Waals surface area contributed by atoms with Crippen molar-refractivity contribution in [3.63, 3.8) is 0 Å². The minimum absolute atomic E-state index is 0.103. The number of thiophene rings is 4. The SMILES string of the molecule is N#CC(C#N)=Cc1ccc(-c2cc3c(s2)-c2cc4c(cc2OC32CCCCC2)-c2sc(-c3ccc(C=C(C#N)C#N)s3)cc2C2(CCCCC2)O4)s1. The van der Waals surface area contributed by atoms with E-state index in [0.717, 1.165) is 93.5 Å². The number of nitriles is 4. The van der Waals surface area contributed by atoms with Gasteiger partial charge in [0.2, 0.25) is 0 Å². The molecule has 2 spiro atoms. The van der Waals surface area contributed by atoms with Crippen LogP contribution in [0.5, 0.6) is 11.5 Å². The Morgan fingerprint density at radius 3 is 1.31 bits per heavy atom. The largest absolute Gasteiger partial charge is 0.482 e. The van der Waals surface area contributed by atoms with Gasteiger partial charge < -0.3 is 9.47 Å². The van der Waals surface area contributed by atoms with Crippen LogP contribution in [0.2, 0.25) is 0 Å². The summed E-state index contributed by atoms with van der Waals surface area (Å²) < 4.78 is 14.4. The van der Waals surface area contributed by atoms with Crippen LogP contribution in [-0.2, 0) is 11.2 Å². The summed E-state index contributed by atoms with van der Waals surface area (Å²) in [5.74, 6) is 1.83. The number of fused-ring (bicyclic) bond motifs is 8. The second-order valence-electron chi connectivity index (χ2n) is 13.8. The Labute approximate surface area is 318 Å². The normalized spacial score (nSPS) is 17.0. The summed E-state index contributed by atoms with van der Waals surface area (Å²) in [6.45, 7) is 0. The van der Waals surface area contributed by atoms with Gasteiger partial charge in [-0.05, 0) is 112 Å². The Kier molecular flexibility index (Phi) is 8.19. The predicted molar refractivity (Wildman–Crippen MR) is 209 cm³/mol. The molecule has 5 aromatic rings. The van der Waals surface area contributed by atoms with Crippen LogP contribution < -0.4 is 9.47 Å². The van der Waals surface area contributed by atoms with E-state index in [1.807, 2.05) is 36.4 Å². The molecule has 254 valence electrons. The smallest absolute Gasteiger partial charge is 0.135 e. The quantitative estimate of drug-likeness (QED) is 0.169. The van der Waals surface area contributed by atoms with Crippen molar-refractivity contribution < 1.29 is 9.47 Å². The molecule has 0 bridgehead atoms. The van der Waals surface area contributed by atoms with Crippen molar-refractivity contribution in [1.29, 1.82) is 21.0 Å². The van der Waals surface area contributed by atoms with Crippen molar-refractivity contribution in [1.82, 2.24) is 0 Å². The highest BCUT2D eigenvalue weighted by Gasteiger charge is 2.47. The molecule has 4 aromatic heterocycles. The van der Waals surface area contributed by atoms with E-state index in [4.69, 9.17) is 9.47 Å². The third-order valence-electron chi connectivity index (χ3n) is 10.7. The first kappa shape index (κ1) is 32.9. The van der Waals surface area contributed by atoms with Crippen molar-refractivity contribution in [3.05, 3.63) is 80.6 Å². The first-order valence-corrected chi connectivity index (χ1v) is 20.8. The third kappa shape index (κ3) is 5.42. The molecule has 0 radical (unpaired) electrons. The first-order valence-electron chi connectivity index (χ1n) is 17.5. The second kappa shape index (κ2) is 12.9. The Morgan fingerprint density at radius 1 is 0.519 bits per heavy atom. The van der Waals surface area contributed by atoms with Crippen molar-refractivity contribution in [2.75, 3.05) is 0 Å². The molecule has 2 fully saturated rings. The summed E-state index contributed by atoms with van der Waals surface area (Å²) in [6.07, 6.45) is 14.1. The van der Waals surface area contributed by atoms with Gasteiger partial charge in [-0.1, -0.05) is 12.8 Å². The summed E-state index contributed by atoms with van der Waals surface area (Å²) in [7, 11) is 0. The summed E-state index contributed by atoms with van der Waals surface area (Å²) in [4.78, 5) is 8.83. The molecule has 6 nitrogen and oxygen atoms in total. The van der Waals surface area contributed by atoms with Gasteiger partial charge in [-0.25, -0.2) is 0 Å². The van der Waals surface area contributed by atoms with E-state index in [1.54, 1.807) is 57.5 Å². The molecule has 1 aromatic carbocycles. The van der Waals surface area contributed by atoms with E-state index in [-0.39, 0.29) is 22.3 Å². The maximum Gasteiger partial charge on any atom is 0.135 e. The molecular formula is C42H30N4O2S4. The van der Waals surface area contributed by atoms with Crippen LogP contribution in [0.3, 0.4) is 0 Å². The molecule has 2 saturated carbocycles. The lowest BCUT2D eigenvalue weighted by atomic mass is 9.76. The molecule has 0 unspecified atom stereocenters. The van der Waals surface area contributed by atoms with Gasteiger partial charge in [0, 0.05) is 61.3 Å². The molecule has 10 heteroatoms. The van der Waals surface area contributed by atoms with E-state index >= 15 is 0 Å². The lowest BCUT2D eigenvalue weighted by molar-refractivity contribution is 0.0203. The zero-order chi connectivity index (χ0) is 35.5.